The molecule has 0 aliphatic carbocycles. The molecule has 1 heterocycles. The fourth-order valence-electron chi connectivity index (χ4n) is 2.48. The van der Waals surface area contributed by atoms with Gasteiger partial charge in [0.25, 0.3) is 0 Å². The molecule has 1 saturated heterocycles. The second-order valence-electron chi connectivity index (χ2n) is 6.25. The molecular formula is C14H29NO. The molecule has 0 aromatic carbocycles. The SMILES string of the molecule is CC(C)CCOCCC1(CC(C)C)CNC1. The van der Waals surface area contributed by atoms with Crippen molar-refractivity contribution in [2.75, 3.05) is 26.3 Å². The van der Waals surface area contributed by atoms with Gasteiger partial charge < -0.3 is 10.1 Å². The molecule has 1 fully saturated rings. The van der Waals surface area contributed by atoms with Gasteiger partial charge in [-0.25, -0.2) is 0 Å². The molecule has 96 valence electrons. The van der Waals surface area contributed by atoms with Gasteiger partial charge in [0, 0.05) is 26.3 Å². The highest BCUT2D eigenvalue weighted by molar-refractivity contribution is 4.92. The lowest BCUT2D eigenvalue weighted by Crippen LogP contribution is -2.54. The molecule has 0 amide bonds. The smallest absolute Gasteiger partial charge is 0.0472 e. The third kappa shape index (κ3) is 4.84. The number of nitrogens with one attached hydrogen (secondary N) is 1. The van der Waals surface area contributed by atoms with Crippen LogP contribution in [0.1, 0.15) is 47.0 Å². The largest absolute Gasteiger partial charge is 0.381 e. The van der Waals surface area contributed by atoms with E-state index < -0.39 is 0 Å². The molecule has 0 saturated carbocycles. The van der Waals surface area contributed by atoms with E-state index in [1.807, 2.05) is 0 Å². The van der Waals surface area contributed by atoms with E-state index in [0.717, 1.165) is 25.0 Å². The van der Waals surface area contributed by atoms with Gasteiger partial charge in [0.1, 0.15) is 0 Å². The Balaban J connectivity index is 2.10. The standard InChI is InChI=1S/C14H29NO/c1-12(2)5-7-16-8-6-14(9-13(3)4)10-15-11-14/h12-13,15H,5-11H2,1-4H3. The molecule has 0 radical (unpaired) electrons. The van der Waals surface area contributed by atoms with E-state index >= 15 is 0 Å². The van der Waals surface area contributed by atoms with E-state index in [2.05, 4.69) is 33.0 Å². The van der Waals surface area contributed by atoms with E-state index in [0.29, 0.717) is 5.41 Å². The Labute approximate surface area is 101 Å². The van der Waals surface area contributed by atoms with Gasteiger partial charge in [0.05, 0.1) is 0 Å². The first-order valence-electron chi connectivity index (χ1n) is 6.82. The predicted molar refractivity (Wildman–Crippen MR) is 69.6 cm³/mol. The summed E-state index contributed by atoms with van der Waals surface area (Å²) in [4.78, 5) is 0. The van der Waals surface area contributed by atoms with Crippen LogP contribution in [-0.4, -0.2) is 26.3 Å². The molecule has 16 heavy (non-hydrogen) atoms. The highest BCUT2D eigenvalue weighted by Crippen LogP contribution is 2.34. The van der Waals surface area contributed by atoms with Crippen molar-refractivity contribution >= 4 is 0 Å². The van der Waals surface area contributed by atoms with Crippen LogP contribution < -0.4 is 5.32 Å². The highest BCUT2D eigenvalue weighted by Gasteiger charge is 2.36. The summed E-state index contributed by atoms with van der Waals surface area (Å²) in [5.41, 5.74) is 0.548. The number of hydrogen-bond acceptors (Lipinski definition) is 2. The van der Waals surface area contributed by atoms with Gasteiger partial charge in [-0.05, 0) is 36.5 Å². The Hall–Kier alpha value is -0.0800. The molecule has 1 aliphatic rings. The van der Waals surface area contributed by atoms with E-state index in [-0.39, 0.29) is 0 Å². The Morgan fingerprint density at radius 2 is 1.75 bits per heavy atom. The van der Waals surface area contributed by atoms with Crippen LogP contribution >= 0.6 is 0 Å². The zero-order valence-corrected chi connectivity index (χ0v) is 11.5. The van der Waals surface area contributed by atoms with Crippen molar-refractivity contribution < 1.29 is 4.74 Å². The van der Waals surface area contributed by atoms with Gasteiger partial charge in [-0.2, -0.15) is 0 Å². The van der Waals surface area contributed by atoms with Crippen molar-refractivity contribution in [1.29, 1.82) is 0 Å². The summed E-state index contributed by atoms with van der Waals surface area (Å²) in [5, 5.41) is 3.41. The second kappa shape index (κ2) is 6.61. The quantitative estimate of drug-likeness (QED) is 0.643. The van der Waals surface area contributed by atoms with Gasteiger partial charge in [-0.15, -0.1) is 0 Å². The molecular weight excluding hydrogens is 198 g/mol. The third-order valence-electron chi connectivity index (χ3n) is 3.46. The summed E-state index contributed by atoms with van der Waals surface area (Å²) in [6.45, 7) is 13.4. The summed E-state index contributed by atoms with van der Waals surface area (Å²) in [6, 6.07) is 0. The Morgan fingerprint density at radius 3 is 2.19 bits per heavy atom. The summed E-state index contributed by atoms with van der Waals surface area (Å²) in [5.74, 6) is 1.56. The molecule has 1 rings (SSSR count). The van der Waals surface area contributed by atoms with Crippen molar-refractivity contribution in [2.45, 2.75) is 47.0 Å². The van der Waals surface area contributed by atoms with Gasteiger partial charge >= 0.3 is 0 Å². The Bertz CT molecular complexity index is 185. The van der Waals surface area contributed by atoms with E-state index in [9.17, 15) is 0 Å². The summed E-state index contributed by atoms with van der Waals surface area (Å²) in [6.07, 6.45) is 3.76. The normalized spacial score (nSPS) is 19.1. The molecule has 0 unspecified atom stereocenters. The lowest BCUT2D eigenvalue weighted by atomic mass is 9.73. The first kappa shape index (κ1) is 14.0. The Kier molecular flexibility index (Phi) is 5.77. The van der Waals surface area contributed by atoms with E-state index in [4.69, 9.17) is 4.74 Å². The number of hydrogen-bond donors (Lipinski definition) is 1. The van der Waals surface area contributed by atoms with Crippen LogP contribution in [0.2, 0.25) is 0 Å². The average molecular weight is 227 g/mol. The van der Waals surface area contributed by atoms with Gasteiger partial charge in [-0.3, -0.25) is 0 Å². The van der Waals surface area contributed by atoms with E-state index in [1.165, 1.54) is 32.4 Å². The Morgan fingerprint density at radius 1 is 1.06 bits per heavy atom. The maximum Gasteiger partial charge on any atom is 0.0472 e. The molecule has 0 aromatic heterocycles. The van der Waals surface area contributed by atoms with Crippen LogP contribution in [-0.2, 0) is 4.74 Å². The molecule has 0 bridgehead atoms. The third-order valence-corrected chi connectivity index (χ3v) is 3.46. The average Bonchev–Trinajstić information content (AvgIpc) is 2.11. The minimum absolute atomic E-state index is 0.548. The van der Waals surface area contributed by atoms with E-state index in [1.54, 1.807) is 0 Å². The van der Waals surface area contributed by atoms with Crippen molar-refractivity contribution in [1.82, 2.24) is 5.32 Å². The summed E-state index contributed by atoms with van der Waals surface area (Å²) < 4.78 is 5.73. The molecule has 0 aromatic rings. The van der Waals surface area contributed by atoms with Crippen molar-refractivity contribution in [3.05, 3.63) is 0 Å². The van der Waals surface area contributed by atoms with Crippen molar-refractivity contribution in [2.24, 2.45) is 17.3 Å². The number of rotatable bonds is 8. The van der Waals surface area contributed by atoms with Gasteiger partial charge in [0.2, 0.25) is 0 Å². The molecule has 2 heteroatoms. The topological polar surface area (TPSA) is 21.3 Å². The van der Waals surface area contributed by atoms with Crippen LogP contribution in [0.25, 0.3) is 0 Å². The van der Waals surface area contributed by atoms with Crippen LogP contribution in [0.3, 0.4) is 0 Å². The molecule has 0 spiro atoms. The fraction of sp³-hybridized carbons (Fsp3) is 1.00. The first-order valence-corrected chi connectivity index (χ1v) is 6.82. The minimum atomic E-state index is 0.548. The summed E-state index contributed by atoms with van der Waals surface area (Å²) >= 11 is 0. The lowest BCUT2D eigenvalue weighted by molar-refractivity contribution is 0.0481. The summed E-state index contributed by atoms with van der Waals surface area (Å²) in [7, 11) is 0. The fourth-order valence-corrected chi connectivity index (χ4v) is 2.48. The van der Waals surface area contributed by atoms with Gasteiger partial charge in [-0.1, -0.05) is 27.7 Å². The molecule has 0 atom stereocenters. The molecule has 2 nitrogen and oxygen atoms in total. The monoisotopic (exact) mass is 227 g/mol. The highest BCUT2D eigenvalue weighted by atomic mass is 16.5. The van der Waals surface area contributed by atoms with Crippen LogP contribution in [0, 0.1) is 17.3 Å². The second-order valence-corrected chi connectivity index (χ2v) is 6.25. The van der Waals surface area contributed by atoms with Crippen LogP contribution in [0.4, 0.5) is 0 Å². The van der Waals surface area contributed by atoms with Crippen LogP contribution in [0.5, 0.6) is 0 Å². The van der Waals surface area contributed by atoms with Gasteiger partial charge in [0.15, 0.2) is 0 Å². The molecule has 1 aliphatic heterocycles. The maximum absolute atomic E-state index is 5.73. The zero-order chi connectivity index (χ0) is 12.0. The minimum Gasteiger partial charge on any atom is -0.381 e. The van der Waals surface area contributed by atoms with Crippen LogP contribution in [0.15, 0.2) is 0 Å². The maximum atomic E-state index is 5.73. The zero-order valence-electron chi connectivity index (χ0n) is 11.5. The van der Waals surface area contributed by atoms with Crippen molar-refractivity contribution in [3.63, 3.8) is 0 Å². The lowest BCUT2D eigenvalue weighted by Gasteiger charge is -2.44. The number of ether oxygens (including phenoxy) is 1. The first-order chi connectivity index (χ1) is 7.54. The molecule has 1 N–H and O–H groups in total. The predicted octanol–water partition coefficient (Wildman–Crippen LogP) is 3.07. The van der Waals surface area contributed by atoms with Crippen molar-refractivity contribution in [3.8, 4) is 0 Å².